The third-order valence-electron chi connectivity index (χ3n) is 4.79. The molecule has 2 heterocycles. The number of aryl methyl sites for hydroxylation is 1. The zero-order valence-electron chi connectivity index (χ0n) is 15.3. The molecule has 3 aromatic rings. The second-order valence-corrected chi connectivity index (χ2v) is 7.68. The van der Waals surface area contributed by atoms with E-state index in [1.165, 1.54) is 0 Å². The molecule has 1 aliphatic heterocycles. The van der Waals surface area contributed by atoms with Crippen molar-refractivity contribution in [2.45, 2.75) is 20.3 Å². The van der Waals surface area contributed by atoms with Crippen LogP contribution in [0.2, 0.25) is 0 Å². The Bertz CT molecular complexity index is 994. The maximum Gasteiger partial charge on any atom is 0.311 e. The number of thiazole rings is 1. The monoisotopic (exact) mass is 380 g/mol. The van der Waals surface area contributed by atoms with Crippen molar-refractivity contribution in [2.24, 2.45) is 5.92 Å². The number of aromatic nitrogens is 1. The number of amides is 1. The van der Waals surface area contributed by atoms with Gasteiger partial charge in [0, 0.05) is 24.2 Å². The highest BCUT2D eigenvalue weighted by Crippen LogP contribution is 2.35. The fourth-order valence-corrected chi connectivity index (χ4v) is 4.35. The van der Waals surface area contributed by atoms with E-state index in [-0.39, 0.29) is 18.3 Å². The normalized spacial score (nSPS) is 16.9. The first-order chi connectivity index (χ1) is 13.1. The van der Waals surface area contributed by atoms with Crippen LogP contribution in [0.15, 0.2) is 42.5 Å². The standard InChI is InChI=1S/C21H20N2O3S/c1-3-26-21(25)15-11-19(24)23(12-15)17-10-14(9-8-13(17)2)20-22-16-6-4-5-7-18(16)27-20/h4-10,15H,3,11-12H2,1-2H3. The molecule has 0 spiro atoms. The largest absolute Gasteiger partial charge is 0.466 e. The first-order valence-corrected chi connectivity index (χ1v) is 9.82. The Kier molecular flexibility index (Phi) is 4.66. The van der Waals surface area contributed by atoms with E-state index in [0.717, 1.165) is 32.0 Å². The van der Waals surface area contributed by atoms with Gasteiger partial charge in [-0.15, -0.1) is 11.3 Å². The van der Waals surface area contributed by atoms with E-state index >= 15 is 0 Å². The third-order valence-corrected chi connectivity index (χ3v) is 5.87. The molecule has 6 heteroatoms. The number of para-hydroxylation sites is 1. The second kappa shape index (κ2) is 7.12. The molecule has 1 saturated heterocycles. The quantitative estimate of drug-likeness (QED) is 0.637. The molecular formula is C21H20N2O3S. The molecule has 1 fully saturated rings. The zero-order chi connectivity index (χ0) is 19.0. The Morgan fingerprint density at radius 2 is 2.11 bits per heavy atom. The number of fused-ring (bicyclic) bond motifs is 1. The van der Waals surface area contributed by atoms with Gasteiger partial charge >= 0.3 is 5.97 Å². The number of hydrogen-bond donors (Lipinski definition) is 0. The second-order valence-electron chi connectivity index (χ2n) is 6.65. The van der Waals surface area contributed by atoms with E-state index < -0.39 is 5.92 Å². The number of carbonyl (C=O) groups excluding carboxylic acids is 2. The van der Waals surface area contributed by atoms with Gasteiger partial charge in [0.25, 0.3) is 0 Å². The topological polar surface area (TPSA) is 59.5 Å². The minimum atomic E-state index is -0.400. The van der Waals surface area contributed by atoms with Gasteiger partial charge in [-0.3, -0.25) is 9.59 Å². The van der Waals surface area contributed by atoms with E-state index in [1.54, 1.807) is 23.2 Å². The van der Waals surface area contributed by atoms with E-state index in [1.807, 2.05) is 43.3 Å². The number of rotatable bonds is 4. The molecule has 0 N–H and O–H groups in total. The van der Waals surface area contributed by atoms with E-state index in [0.29, 0.717) is 13.2 Å². The molecule has 1 amide bonds. The lowest BCUT2D eigenvalue weighted by molar-refractivity contribution is -0.147. The van der Waals surface area contributed by atoms with E-state index in [4.69, 9.17) is 9.72 Å². The molecule has 138 valence electrons. The van der Waals surface area contributed by atoms with Crippen molar-refractivity contribution in [3.05, 3.63) is 48.0 Å². The van der Waals surface area contributed by atoms with Crippen molar-refractivity contribution in [3.63, 3.8) is 0 Å². The molecule has 1 aromatic heterocycles. The average Bonchev–Trinajstić information content (AvgIpc) is 3.26. The van der Waals surface area contributed by atoms with Crippen molar-refractivity contribution >= 4 is 39.1 Å². The van der Waals surface area contributed by atoms with Gasteiger partial charge in [-0.25, -0.2) is 4.98 Å². The predicted molar refractivity (Wildman–Crippen MR) is 107 cm³/mol. The van der Waals surface area contributed by atoms with Gasteiger partial charge in [-0.05, 0) is 37.6 Å². The number of esters is 1. The SMILES string of the molecule is CCOC(=O)C1CC(=O)N(c2cc(-c3nc4ccccc4s3)ccc2C)C1. The lowest BCUT2D eigenvalue weighted by Crippen LogP contribution is -2.27. The Hall–Kier alpha value is -2.73. The van der Waals surface area contributed by atoms with E-state index in [9.17, 15) is 9.59 Å². The summed E-state index contributed by atoms with van der Waals surface area (Å²) in [6, 6.07) is 14.1. The number of benzene rings is 2. The number of anilines is 1. The van der Waals surface area contributed by atoms with Gasteiger partial charge in [0.15, 0.2) is 0 Å². The number of hydrogen-bond acceptors (Lipinski definition) is 5. The first-order valence-electron chi connectivity index (χ1n) is 9.00. The summed E-state index contributed by atoms with van der Waals surface area (Å²) in [6.45, 7) is 4.44. The van der Waals surface area contributed by atoms with Gasteiger partial charge in [0.2, 0.25) is 5.91 Å². The van der Waals surface area contributed by atoms with Gasteiger partial charge in [-0.2, -0.15) is 0 Å². The van der Waals surface area contributed by atoms with Crippen LogP contribution in [-0.2, 0) is 14.3 Å². The Labute approximate surface area is 161 Å². The van der Waals surface area contributed by atoms with Crippen LogP contribution in [0.25, 0.3) is 20.8 Å². The third kappa shape index (κ3) is 3.32. The molecule has 2 aromatic carbocycles. The fraction of sp³-hybridized carbons (Fsp3) is 0.286. The number of carbonyl (C=O) groups is 2. The van der Waals surface area contributed by atoms with Crippen LogP contribution in [0.4, 0.5) is 5.69 Å². The molecule has 0 radical (unpaired) electrons. The molecule has 0 saturated carbocycles. The molecule has 5 nitrogen and oxygen atoms in total. The maximum absolute atomic E-state index is 12.5. The van der Waals surface area contributed by atoms with E-state index in [2.05, 4.69) is 6.07 Å². The zero-order valence-corrected chi connectivity index (χ0v) is 16.1. The smallest absolute Gasteiger partial charge is 0.311 e. The Balaban J connectivity index is 1.66. The van der Waals surface area contributed by atoms with Crippen LogP contribution < -0.4 is 4.90 Å². The summed E-state index contributed by atoms with van der Waals surface area (Å²) in [4.78, 5) is 31.0. The van der Waals surface area contributed by atoms with Gasteiger partial charge in [0.05, 0.1) is 22.7 Å². The molecular weight excluding hydrogens is 360 g/mol. The molecule has 0 bridgehead atoms. The molecule has 0 aliphatic carbocycles. The Morgan fingerprint density at radius 1 is 1.30 bits per heavy atom. The van der Waals surface area contributed by atoms with Gasteiger partial charge in [0.1, 0.15) is 5.01 Å². The Morgan fingerprint density at radius 3 is 2.89 bits per heavy atom. The van der Waals surface area contributed by atoms with Gasteiger partial charge < -0.3 is 9.64 Å². The molecule has 1 unspecified atom stereocenters. The van der Waals surface area contributed by atoms with Gasteiger partial charge in [-0.1, -0.05) is 24.3 Å². The van der Waals surface area contributed by atoms with Crippen molar-refractivity contribution in [2.75, 3.05) is 18.1 Å². The fourth-order valence-electron chi connectivity index (χ4n) is 3.39. The highest BCUT2D eigenvalue weighted by Gasteiger charge is 2.36. The van der Waals surface area contributed by atoms with Crippen LogP contribution in [0.3, 0.4) is 0 Å². The minimum Gasteiger partial charge on any atom is -0.466 e. The van der Waals surface area contributed by atoms with Crippen LogP contribution in [0, 0.1) is 12.8 Å². The lowest BCUT2D eigenvalue weighted by Gasteiger charge is -2.19. The summed E-state index contributed by atoms with van der Waals surface area (Å²) in [7, 11) is 0. The van der Waals surface area contributed by atoms with Crippen molar-refractivity contribution in [1.29, 1.82) is 0 Å². The van der Waals surface area contributed by atoms with Crippen LogP contribution >= 0.6 is 11.3 Å². The molecule has 1 aliphatic rings. The van der Waals surface area contributed by atoms with Crippen LogP contribution in [0.1, 0.15) is 18.9 Å². The summed E-state index contributed by atoms with van der Waals surface area (Å²) < 4.78 is 6.22. The van der Waals surface area contributed by atoms with Crippen molar-refractivity contribution < 1.29 is 14.3 Å². The van der Waals surface area contributed by atoms with Crippen molar-refractivity contribution in [3.8, 4) is 10.6 Å². The predicted octanol–water partition coefficient (Wildman–Crippen LogP) is 4.19. The summed E-state index contributed by atoms with van der Waals surface area (Å²) in [5.41, 5.74) is 3.78. The first kappa shape index (κ1) is 17.7. The number of ether oxygens (including phenoxy) is 1. The lowest BCUT2D eigenvalue weighted by atomic mass is 10.1. The maximum atomic E-state index is 12.5. The number of nitrogens with zero attached hydrogens (tertiary/aromatic N) is 2. The summed E-state index contributed by atoms with van der Waals surface area (Å²) in [5, 5.41) is 0.922. The molecule has 27 heavy (non-hydrogen) atoms. The van der Waals surface area contributed by atoms with Crippen molar-refractivity contribution in [1.82, 2.24) is 4.98 Å². The van der Waals surface area contributed by atoms with Crippen LogP contribution in [0.5, 0.6) is 0 Å². The summed E-state index contributed by atoms with van der Waals surface area (Å²) >= 11 is 1.63. The molecule has 1 atom stereocenters. The highest BCUT2D eigenvalue weighted by atomic mass is 32.1. The summed E-state index contributed by atoms with van der Waals surface area (Å²) in [5.74, 6) is -0.742. The molecule has 4 rings (SSSR count). The summed E-state index contributed by atoms with van der Waals surface area (Å²) in [6.07, 6.45) is 0.198. The average molecular weight is 380 g/mol. The minimum absolute atomic E-state index is 0.0439. The van der Waals surface area contributed by atoms with Crippen LogP contribution in [-0.4, -0.2) is 30.0 Å². The highest BCUT2D eigenvalue weighted by molar-refractivity contribution is 7.21.